The number of Topliss-reactive ketones (excluding diaryl/α,β-unsaturated/α-hetero) is 1. The van der Waals surface area contributed by atoms with Crippen molar-refractivity contribution in [2.24, 2.45) is 0 Å². The molecule has 0 bridgehead atoms. The molecule has 0 atom stereocenters. The summed E-state index contributed by atoms with van der Waals surface area (Å²) in [6.07, 6.45) is 2.42. The molecule has 0 heterocycles. The lowest BCUT2D eigenvalue weighted by Gasteiger charge is -2.03. The van der Waals surface area contributed by atoms with Crippen LogP contribution in [-0.2, 0) is 14.3 Å². The van der Waals surface area contributed by atoms with E-state index < -0.39 is 9.76 Å². The Balaban J connectivity index is 3.70. The molecule has 0 N–H and O–H groups in total. The van der Waals surface area contributed by atoms with Gasteiger partial charge in [0.2, 0.25) is 3.79 Å². The largest absolute Gasteiger partial charge is 0.461 e. The number of esters is 1. The highest BCUT2D eigenvalue weighted by Gasteiger charge is 2.13. The topological polar surface area (TPSA) is 43.4 Å². The van der Waals surface area contributed by atoms with Crippen LogP contribution in [0.4, 0.5) is 0 Å². The summed E-state index contributed by atoms with van der Waals surface area (Å²) in [7, 11) is 0. The third kappa shape index (κ3) is 9.84. The van der Waals surface area contributed by atoms with Crippen molar-refractivity contribution >= 4 is 46.6 Å². The van der Waals surface area contributed by atoms with E-state index in [4.69, 9.17) is 34.8 Å². The van der Waals surface area contributed by atoms with E-state index >= 15 is 0 Å². The smallest absolute Gasteiger partial charge is 0.313 e. The van der Waals surface area contributed by atoms with Crippen LogP contribution in [0.15, 0.2) is 12.2 Å². The molecular formula is C8H9Cl3O3. The molecule has 0 saturated heterocycles. The number of carbonyl (C=O) groups is 2. The standard InChI is InChI=1S/C8H9Cl3O3/c1-6(12)5-7(13)14-4-2-3-8(9,10)11/h2-3H,4-5H2,1H3. The third-order valence-electron chi connectivity index (χ3n) is 1.04. The summed E-state index contributed by atoms with van der Waals surface area (Å²) in [5.41, 5.74) is 0. The molecule has 0 unspecified atom stereocenters. The van der Waals surface area contributed by atoms with Crippen molar-refractivity contribution in [3.8, 4) is 0 Å². The van der Waals surface area contributed by atoms with Gasteiger partial charge in [-0.25, -0.2) is 0 Å². The van der Waals surface area contributed by atoms with Gasteiger partial charge in [0, 0.05) is 0 Å². The van der Waals surface area contributed by atoms with Gasteiger partial charge in [0.25, 0.3) is 0 Å². The van der Waals surface area contributed by atoms with Crippen LogP contribution >= 0.6 is 34.8 Å². The Kier molecular flexibility index (Phi) is 6.16. The van der Waals surface area contributed by atoms with Gasteiger partial charge >= 0.3 is 5.97 Å². The van der Waals surface area contributed by atoms with Crippen molar-refractivity contribution < 1.29 is 14.3 Å². The van der Waals surface area contributed by atoms with Gasteiger partial charge in [0.15, 0.2) is 0 Å². The number of carbonyl (C=O) groups excluding carboxylic acids is 2. The zero-order valence-corrected chi connectivity index (χ0v) is 9.70. The van der Waals surface area contributed by atoms with E-state index in [-0.39, 0.29) is 18.8 Å². The number of ketones is 1. The molecule has 0 aliphatic heterocycles. The number of hydrogen-bond donors (Lipinski definition) is 0. The lowest BCUT2D eigenvalue weighted by molar-refractivity contribution is -0.144. The van der Waals surface area contributed by atoms with Crippen LogP contribution in [-0.4, -0.2) is 22.2 Å². The highest BCUT2D eigenvalue weighted by molar-refractivity contribution is 6.68. The number of allylic oxidation sites excluding steroid dienone is 1. The first kappa shape index (κ1) is 13.8. The highest BCUT2D eigenvalue weighted by Crippen LogP contribution is 2.27. The Bertz CT molecular complexity index is 243. The number of rotatable bonds is 4. The molecular weight excluding hydrogens is 250 g/mol. The molecule has 0 fully saturated rings. The van der Waals surface area contributed by atoms with Crippen LogP contribution in [0.5, 0.6) is 0 Å². The molecule has 0 spiro atoms. The third-order valence-corrected chi connectivity index (χ3v) is 1.42. The zero-order chi connectivity index (χ0) is 11.2. The molecule has 3 nitrogen and oxygen atoms in total. The Morgan fingerprint density at radius 2 is 1.93 bits per heavy atom. The van der Waals surface area contributed by atoms with Crippen LogP contribution in [0.2, 0.25) is 0 Å². The van der Waals surface area contributed by atoms with E-state index in [0.29, 0.717) is 0 Å². The van der Waals surface area contributed by atoms with E-state index in [1.54, 1.807) is 0 Å². The van der Waals surface area contributed by atoms with E-state index in [1.807, 2.05) is 0 Å². The molecule has 0 aliphatic carbocycles. The van der Waals surface area contributed by atoms with Gasteiger partial charge in [0.05, 0.1) is 0 Å². The fraction of sp³-hybridized carbons (Fsp3) is 0.500. The first-order valence-corrected chi connectivity index (χ1v) is 4.84. The second-order valence-electron chi connectivity index (χ2n) is 2.51. The maximum Gasteiger partial charge on any atom is 0.313 e. The fourth-order valence-corrected chi connectivity index (χ4v) is 0.844. The van der Waals surface area contributed by atoms with Gasteiger partial charge in [-0.3, -0.25) is 9.59 Å². The molecule has 0 rings (SSSR count). The average Bonchev–Trinajstić information content (AvgIpc) is 1.95. The lowest BCUT2D eigenvalue weighted by atomic mass is 10.3. The quantitative estimate of drug-likeness (QED) is 0.337. The van der Waals surface area contributed by atoms with Gasteiger partial charge in [-0.15, -0.1) is 0 Å². The number of halogens is 3. The molecule has 0 aliphatic rings. The molecule has 0 saturated carbocycles. The summed E-state index contributed by atoms with van der Waals surface area (Å²) in [6.45, 7) is 1.29. The van der Waals surface area contributed by atoms with Gasteiger partial charge in [-0.2, -0.15) is 0 Å². The number of hydrogen-bond acceptors (Lipinski definition) is 3. The van der Waals surface area contributed by atoms with Crippen LogP contribution in [0.3, 0.4) is 0 Å². The highest BCUT2D eigenvalue weighted by atomic mass is 35.6. The second-order valence-corrected chi connectivity index (χ2v) is 4.87. The average molecular weight is 260 g/mol. The summed E-state index contributed by atoms with van der Waals surface area (Å²) >= 11 is 16.1. The van der Waals surface area contributed by atoms with E-state index in [0.717, 1.165) is 0 Å². The molecule has 0 aromatic heterocycles. The van der Waals surface area contributed by atoms with Crippen molar-refractivity contribution in [1.82, 2.24) is 0 Å². The lowest BCUT2D eigenvalue weighted by Crippen LogP contribution is -2.09. The molecule has 0 amide bonds. The zero-order valence-electron chi connectivity index (χ0n) is 7.43. The summed E-state index contributed by atoms with van der Waals surface area (Å²) in [4.78, 5) is 21.3. The van der Waals surface area contributed by atoms with Crippen LogP contribution in [0.25, 0.3) is 0 Å². The Labute approximate surface area is 97.0 Å². The predicted octanol–water partition coefficient (Wildman–Crippen LogP) is 2.44. The van der Waals surface area contributed by atoms with Crippen molar-refractivity contribution in [1.29, 1.82) is 0 Å². The van der Waals surface area contributed by atoms with E-state index in [1.165, 1.54) is 19.1 Å². The second kappa shape index (κ2) is 6.27. The number of alkyl halides is 3. The minimum absolute atomic E-state index is 0.0139. The summed E-state index contributed by atoms with van der Waals surface area (Å²) in [6, 6.07) is 0. The van der Waals surface area contributed by atoms with E-state index in [2.05, 4.69) is 4.74 Å². The summed E-state index contributed by atoms with van der Waals surface area (Å²) in [5, 5.41) is 0. The molecule has 6 heteroatoms. The van der Waals surface area contributed by atoms with Gasteiger partial charge in [-0.1, -0.05) is 34.8 Å². The Morgan fingerprint density at radius 3 is 2.36 bits per heavy atom. The molecule has 14 heavy (non-hydrogen) atoms. The SMILES string of the molecule is CC(=O)CC(=O)OCC=CC(Cl)(Cl)Cl. The normalized spacial score (nSPS) is 11.7. The van der Waals surface area contributed by atoms with Crippen molar-refractivity contribution in [2.45, 2.75) is 17.1 Å². The molecule has 0 aromatic rings. The van der Waals surface area contributed by atoms with Gasteiger partial charge in [-0.05, 0) is 19.1 Å². The van der Waals surface area contributed by atoms with Gasteiger partial charge < -0.3 is 4.74 Å². The number of ether oxygens (including phenoxy) is 1. The van der Waals surface area contributed by atoms with Crippen LogP contribution < -0.4 is 0 Å². The Morgan fingerprint density at radius 1 is 1.36 bits per heavy atom. The van der Waals surface area contributed by atoms with Crippen molar-refractivity contribution in [3.05, 3.63) is 12.2 Å². The Hall–Kier alpha value is -0.250. The van der Waals surface area contributed by atoms with Crippen LogP contribution in [0, 0.1) is 0 Å². The van der Waals surface area contributed by atoms with Gasteiger partial charge in [0.1, 0.15) is 18.8 Å². The monoisotopic (exact) mass is 258 g/mol. The molecule has 0 radical (unpaired) electrons. The summed E-state index contributed by atoms with van der Waals surface area (Å²) < 4.78 is 3.13. The van der Waals surface area contributed by atoms with Crippen LogP contribution in [0.1, 0.15) is 13.3 Å². The first-order valence-electron chi connectivity index (χ1n) is 3.71. The maximum atomic E-state index is 10.8. The van der Waals surface area contributed by atoms with Crippen molar-refractivity contribution in [3.63, 3.8) is 0 Å². The van der Waals surface area contributed by atoms with E-state index in [9.17, 15) is 9.59 Å². The summed E-state index contributed by atoms with van der Waals surface area (Å²) in [5.74, 6) is -0.841. The molecule has 0 aromatic carbocycles. The molecule has 80 valence electrons. The van der Waals surface area contributed by atoms with Crippen molar-refractivity contribution in [2.75, 3.05) is 6.61 Å². The maximum absolute atomic E-state index is 10.8. The fourth-order valence-electron chi connectivity index (χ4n) is 0.577. The first-order chi connectivity index (χ1) is 6.31. The minimum Gasteiger partial charge on any atom is -0.461 e. The predicted molar refractivity (Wildman–Crippen MR) is 55.7 cm³/mol. The minimum atomic E-state index is -1.49.